The van der Waals surface area contributed by atoms with E-state index in [1.165, 1.54) is 5.56 Å². The Morgan fingerprint density at radius 1 is 1.14 bits per heavy atom. The summed E-state index contributed by atoms with van der Waals surface area (Å²) in [5.74, 6) is -0.898. The number of allylic oxidation sites excluding steroid dienone is 1. The molecule has 0 aliphatic heterocycles. The quantitative estimate of drug-likeness (QED) is 0.870. The van der Waals surface area contributed by atoms with Gasteiger partial charge < -0.3 is 5.11 Å². The zero-order valence-corrected chi connectivity index (χ0v) is 12.4. The number of benzene rings is 2. The highest BCUT2D eigenvalue weighted by atomic mass is 35.5. The average molecular weight is 299 g/mol. The predicted octanol–water partition coefficient (Wildman–Crippen LogP) is 4.72. The molecule has 3 rings (SSSR count). The molecule has 2 aromatic rings. The number of fused-ring (bicyclic) bond motifs is 1. The van der Waals surface area contributed by atoms with Gasteiger partial charge in [-0.15, -0.1) is 0 Å². The Bertz CT molecular complexity index is 760. The van der Waals surface area contributed by atoms with E-state index in [9.17, 15) is 9.90 Å². The minimum absolute atomic E-state index is 0.321. The SMILES string of the molecule is Cc1ccc(Cl)cc1C1=CCCc2ccc(C(=O)O)cc21. The van der Waals surface area contributed by atoms with Gasteiger partial charge in [0.25, 0.3) is 0 Å². The minimum atomic E-state index is -0.898. The van der Waals surface area contributed by atoms with E-state index in [2.05, 4.69) is 6.08 Å². The monoisotopic (exact) mass is 298 g/mol. The van der Waals surface area contributed by atoms with Crippen LogP contribution in [0.2, 0.25) is 5.02 Å². The molecule has 0 unspecified atom stereocenters. The summed E-state index contributed by atoms with van der Waals surface area (Å²) < 4.78 is 0. The number of hydrogen-bond donors (Lipinski definition) is 1. The van der Waals surface area contributed by atoms with Gasteiger partial charge in [-0.1, -0.05) is 29.8 Å². The van der Waals surface area contributed by atoms with Gasteiger partial charge >= 0.3 is 5.97 Å². The lowest BCUT2D eigenvalue weighted by atomic mass is 9.84. The van der Waals surface area contributed by atoms with Gasteiger partial charge in [-0.05, 0) is 71.9 Å². The van der Waals surface area contributed by atoms with Gasteiger partial charge in [0.2, 0.25) is 0 Å². The summed E-state index contributed by atoms with van der Waals surface area (Å²) >= 11 is 6.12. The van der Waals surface area contributed by atoms with E-state index in [1.54, 1.807) is 12.1 Å². The van der Waals surface area contributed by atoms with Gasteiger partial charge in [-0.3, -0.25) is 0 Å². The lowest BCUT2D eigenvalue weighted by molar-refractivity contribution is 0.0697. The zero-order chi connectivity index (χ0) is 15.0. The van der Waals surface area contributed by atoms with Crippen molar-refractivity contribution in [1.82, 2.24) is 0 Å². The molecule has 0 spiro atoms. The normalized spacial score (nSPS) is 13.5. The molecule has 106 valence electrons. The number of rotatable bonds is 2. The Hall–Kier alpha value is -2.06. The van der Waals surface area contributed by atoms with Crippen molar-refractivity contribution in [2.24, 2.45) is 0 Å². The number of aryl methyl sites for hydroxylation is 2. The van der Waals surface area contributed by atoms with Crippen molar-refractivity contribution in [2.75, 3.05) is 0 Å². The first kappa shape index (κ1) is 13.9. The van der Waals surface area contributed by atoms with E-state index in [0.29, 0.717) is 10.6 Å². The molecule has 1 aliphatic carbocycles. The van der Waals surface area contributed by atoms with Crippen molar-refractivity contribution in [1.29, 1.82) is 0 Å². The number of halogens is 1. The highest BCUT2D eigenvalue weighted by Gasteiger charge is 2.18. The number of aromatic carboxylic acids is 1. The van der Waals surface area contributed by atoms with Crippen LogP contribution in [0.1, 0.15) is 39.0 Å². The summed E-state index contributed by atoms with van der Waals surface area (Å²) in [4.78, 5) is 11.2. The van der Waals surface area contributed by atoms with Crippen molar-refractivity contribution in [2.45, 2.75) is 19.8 Å². The second-order valence-electron chi connectivity index (χ2n) is 5.29. The molecule has 0 fully saturated rings. The van der Waals surface area contributed by atoms with Crippen LogP contribution in [0, 0.1) is 6.92 Å². The van der Waals surface area contributed by atoms with Crippen molar-refractivity contribution in [3.8, 4) is 0 Å². The fourth-order valence-electron chi connectivity index (χ4n) is 2.80. The summed E-state index contributed by atoms with van der Waals surface area (Å²) in [6.07, 6.45) is 4.08. The summed E-state index contributed by atoms with van der Waals surface area (Å²) in [6, 6.07) is 11.2. The molecule has 21 heavy (non-hydrogen) atoms. The predicted molar refractivity (Wildman–Crippen MR) is 85.0 cm³/mol. The molecule has 0 atom stereocenters. The fourth-order valence-corrected chi connectivity index (χ4v) is 2.97. The van der Waals surface area contributed by atoms with Gasteiger partial charge in [-0.2, -0.15) is 0 Å². The largest absolute Gasteiger partial charge is 0.478 e. The molecule has 0 bridgehead atoms. The maximum absolute atomic E-state index is 11.2. The van der Waals surface area contributed by atoms with Crippen LogP contribution < -0.4 is 0 Å². The molecule has 0 heterocycles. The van der Waals surface area contributed by atoms with Crippen LogP contribution >= 0.6 is 11.6 Å². The Kier molecular flexibility index (Phi) is 3.56. The second-order valence-corrected chi connectivity index (χ2v) is 5.73. The third-order valence-electron chi connectivity index (χ3n) is 3.90. The first-order chi connectivity index (χ1) is 10.1. The minimum Gasteiger partial charge on any atom is -0.478 e. The van der Waals surface area contributed by atoms with Crippen LogP contribution in [-0.2, 0) is 6.42 Å². The first-order valence-corrected chi connectivity index (χ1v) is 7.27. The first-order valence-electron chi connectivity index (χ1n) is 6.89. The van der Waals surface area contributed by atoms with Gasteiger partial charge in [0.1, 0.15) is 0 Å². The van der Waals surface area contributed by atoms with Crippen molar-refractivity contribution in [3.05, 3.63) is 75.3 Å². The Morgan fingerprint density at radius 2 is 1.95 bits per heavy atom. The van der Waals surface area contributed by atoms with Gasteiger partial charge in [0, 0.05) is 5.02 Å². The van der Waals surface area contributed by atoms with Crippen LogP contribution in [0.4, 0.5) is 0 Å². The van der Waals surface area contributed by atoms with Crippen LogP contribution in [0.15, 0.2) is 42.5 Å². The summed E-state index contributed by atoms with van der Waals surface area (Å²) in [5, 5.41) is 9.89. The fraction of sp³-hybridized carbons (Fsp3) is 0.167. The highest BCUT2D eigenvalue weighted by Crippen LogP contribution is 2.35. The molecule has 0 aromatic heterocycles. The lowest BCUT2D eigenvalue weighted by Gasteiger charge is -2.20. The number of carboxylic acids is 1. The number of hydrogen-bond acceptors (Lipinski definition) is 1. The van der Waals surface area contributed by atoms with Gasteiger partial charge in [0.05, 0.1) is 5.56 Å². The van der Waals surface area contributed by atoms with Crippen LogP contribution in [0.5, 0.6) is 0 Å². The summed E-state index contributed by atoms with van der Waals surface area (Å²) in [7, 11) is 0. The molecule has 1 N–H and O–H groups in total. The third kappa shape index (κ3) is 2.59. The highest BCUT2D eigenvalue weighted by molar-refractivity contribution is 6.30. The summed E-state index contributed by atoms with van der Waals surface area (Å²) in [6.45, 7) is 2.04. The standard InChI is InChI=1S/C18H15ClO2/c1-11-5-8-14(19)10-16(11)15-4-2-3-12-6-7-13(18(20)21)9-17(12)15/h4-10H,2-3H2,1H3,(H,20,21). The van der Waals surface area contributed by atoms with E-state index in [0.717, 1.165) is 35.1 Å². The molecule has 0 radical (unpaired) electrons. The smallest absolute Gasteiger partial charge is 0.335 e. The van der Waals surface area contributed by atoms with Crippen LogP contribution in [-0.4, -0.2) is 11.1 Å². The second kappa shape index (κ2) is 5.38. The molecule has 2 nitrogen and oxygen atoms in total. The van der Waals surface area contributed by atoms with Gasteiger partial charge in [0.15, 0.2) is 0 Å². The lowest BCUT2D eigenvalue weighted by Crippen LogP contribution is -2.05. The number of carbonyl (C=O) groups is 1. The van der Waals surface area contributed by atoms with Gasteiger partial charge in [-0.25, -0.2) is 4.79 Å². The molecule has 0 amide bonds. The van der Waals surface area contributed by atoms with Crippen LogP contribution in [0.3, 0.4) is 0 Å². The Morgan fingerprint density at radius 3 is 2.71 bits per heavy atom. The zero-order valence-electron chi connectivity index (χ0n) is 11.7. The molecule has 3 heteroatoms. The molecule has 0 saturated carbocycles. The third-order valence-corrected chi connectivity index (χ3v) is 4.13. The molecule has 0 saturated heterocycles. The van der Waals surface area contributed by atoms with E-state index in [-0.39, 0.29) is 0 Å². The topological polar surface area (TPSA) is 37.3 Å². The van der Waals surface area contributed by atoms with E-state index >= 15 is 0 Å². The van der Waals surface area contributed by atoms with Crippen molar-refractivity contribution < 1.29 is 9.90 Å². The molecule has 2 aromatic carbocycles. The molecular weight excluding hydrogens is 284 g/mol. The van der Waals surface area contributed by atoms with E-state index in [4.69, 9.17) is 11.6 Å². The molecule has 1 aliphatic rings. The molecular formula is C18H15ClO2. The Labute approximate surface area is 128 Å². The van der Waals surface area contributed by atoms with Crippen molar-refractivity contribution >= 4 is 23.1 Å². The maximum atomic E-state index is 11.2. The van der Waals surface area contributed by atoms with E-state index in [1.807, 2.05) is 31.2 Å². The van der Waals surface area contributed by atoms with E-state index < -0.39 is 5.97 Å². The van der Waals surface area contributed by atoms with Crippen LogP contribution in [0.25, 0.3) is 5.57 Å². The number of carboxylic acid groups (broad SMARTS) is 1. The average Bonchev–Trinajstić information content (AvgIpc) is 2.48. The van der Waals surface area contributed by atoms with Crippen molar-refractivity contribution in [3.63, 3.8) is 0 Å². The summed E-state index contributed by atoms with van der Waals surface area (Å²) in [5.41, 5.74) is 5.81. The Balaban J connectivity index is 2.18. The maximum Gasteiger partial charge on any atom is 0.335 e.